The lowest BCUT2D eigenvalue weighted by molar-refractivity contribution is -0.120. The van der Waals surface area contributed by atoms with Crippen LogP contribution in [0.1, 0.15) is 66.9 Å². The van der Waals surface area contributed by atoms with E-state index in [4.69, 9.17) is 9.84 Å². The van der Waals surface area contributed by atoms with Crippen molar-refractivity contribution in [3.05, 3.63) is 78.5 Å². The highest BCUT2D eigenvalue weighted by atomic mass is 16.5. The highest BCUT2D eigenvalue weighted by molar-refractivity contribution is 6.11. The van der Waals surface area contributed by atoms with Gasteiger partial charge in [-0.2, -0.15) is 10.4 Å². The van der Waals surface area contributed by atoms with Gasteiger partial charge in [0.25, 0.3) is 5.91 Å². The molecule has 0 radical (unpaired) electrons. The SMILES string of the molecule is COc1cc2nn(C3CCC(CN4C5CCC4CN(c4cccc6c(N7CCC(=O)NC7=O)cncc46)C5)CC3)cc2cc1NC(=O)c1cncc(C#N)c1. The first-order valence-electron chi connectivity index (χ1n) is 19.1. The zero-order valence-corrected chi connectivity index (χ0v) is 30.6. The fourth-order valence-corrected chi connectivity index (χ4v) is 9.17. The molecule has 2 unspecified atom stereocenters. The van der Waals surface area contributed by atoms with E-state index in [1.54, 1.807) is 18.2 Å². The van der Waals surface area contributed by atoms with Crippen LogP contribution in [0.4, 0.5) is 21.9 Å². The molecule has 14 nitrogen and oxygen atoms in total. The van der Waals surface area contributed by atoms with Gasteiger partial charge in [0.2, 0.25) is 5.91 Å². The highest BCUT2D eigenvalue weighted by Gasteiger charge is 2.41. The molecule has 6 heterocycles. The average molecular weight is 739 g/mol. The van der Waals surface area contributed by atoms with Crippen LogP contribution in [0, 0.1) is 17.2 Å². The number of amides is 4. The predicted octanol–water partition coefficient (Wildman–Crippen LogP) is 5.64. The molecule has 5 aromatic rings. The molecule has 9 rings (SSSR count). The third-order valence-corrected chi connectivity index (χ3v) is 12.0. The van der Waals surface area contributed by atoms with Crippen molar-refractivity contribution < 1.29 is 19.1 Å². The second kappa shape index (κ2) is 14.3. The first-order valence-corrected chi connectivity index (χ1v) is 19.1. The number of hydrogen-bond donors (Lipinski definition) is 2. The third kappa shape index (κ3) is 6.58. The Labute approximate surface area is 318 Å². The summed E-state index contributed by atoms with van der Waals surface area (Å²) < 4.78 is 7.71. The van der Waals surface area contributed by atoms with Crippen LogP contribution in [0.15, 0.2) is 67.4 Å². The normalized spacial score (nSPS) is 22.8. The number of fused-ring (bicyclic) bond motifs is 4. The Morgan fingerprint density at radius 2 is 1.73 bits per heavy atom. The molecular weight excluding hydrogens is 697 g/mol. The first-order chi connectivity index (χ1) is 26.8. The van der Waals surface area contributed by atoms with Crippen LogP contribution < -0.4 is 25.2 Å². The van der Waals surface area contributed by atoms with Crippen LogP contribution in [-0.2, 0) is 4.79 Å². The maximum atomic E-state index is 13.0. The molecule has 1 aliphatic carbocycles. The minimum Gasteiger partial charge on any atom is -0.494 e. The maximum absolute atomic E-state index is 13.0. The van der Waals surface area contributed by atoms with Gasteiger partial charge in [0, 0.05) is 97.4 Å². The Hall–Kier alpha value is -6.07. The monoisotopic (exact) mass is 738 g/mol. The lowest BCUT2D eigenvalue weighted by Gasteiger charge is -2.44. The summed E-state index contributed by atoms with van der Waals surface area (Å²) in [6.07, 6.45) is 15.6. The number of piperazine rings is 1. The Balaban J connectivity index is 0.839. The molecule has 55 heavy (non-hydrogen) atoms. The zero-order valence-electron chi connectivity index (χ0n) is 30.6. The number of imide groups is 1. The van der Waals surface area contributed by atoms with Crippen molar-refractivity contribution in [2.75, 3.05) is 48.4 Å². The summed E-state index contributed by atoms with van der Waals surface area (Å²) in [7, 11) is 1.57. The standard InChI is InChI=1S/C41H42N10O4/c1-55-38-15-34-28(14-35(38)45-40(53)27-13-26(16-42)17-43-18-27)22-51(47-34)29-7-5-25(6-8-29)21-50-30-9-10-31(50)24-48(23-30)36-4-2-3-32-33(36)19-44-20-37(32)49-12-11-39(52)46-41(49)54/h2-4,13-15,17-20,22,25,29-31H,5-12,21,23-24H2,1H3,(H,45,53)(H,46,52,54). The topological polar surface area (TPSA) is 162 Å². The van der Waals surface area contributed by atoms with Crippen molar-refractivity contribution in [1.82, 2.24) is 30.0 Å². The number of aromatic nitrogens is 4. The van der Waals surface area contributed by atoms with Gasteiger partial charge in [0.05, 0.1) is 47.4 Å². The molecule has 2 bridgehead atoms. The number of rotatable bonds is 8. The van der Waals surface area contributed by atoms with Crippen LogP contribution in [0.5, 0.6) is 5.75 Å². The fourth-order valence-electron chi connectivity index (χ4n) is 9.17. The summed E-state index contributed by atoms with van der Waals surface area (Å²) in [6, 6.07) is 14.5. The van der Waals surface area contributed by atoms with E-state index in [9.17, 15) is 19.6 Å². The van der Waals surface area contributed by atoms with E-state index in [0.717, 1.165) is 78.4 Å². The number of carbonyl (C=O) groups is 3. The average Bonchev–Trinajstić information content (AvgIpc) is 3.72. The molecule has 0 spiro atoms. The largest absolute Gasteiger partial charge is 0.494 e. The summed E-state index contributed by atoms with van der Waals surface area (Å²) in [5, 5.41) is 22.4. The summed E-state index contributed by atoms with van der Waals surface area (Å²) in [6.45, 7) is 3.39. The van der Waals surface area contributed by atoms with Crippen LogP contribution in [0.25, 0.3) is 21.7 Å². The summed E-state index contributed by atoms with van der Waals surface area (Å²) >= 11 is 0. The minimum atomic E-state index is -0.397. The van der Waals surface area contributed by atoms with Gasteiger partial charge in [-0.15, -0.1) is 0 Å². The van der Waals surface area contributed by atoms with Gasteiger partial charge >= 0.3 is 6.03 Å². The Morgan fingerprint density at radius 1 is 0.945 bits per heavy atom. The van der Waals surface area contributed by atoms with Gasteiger partial charge in [-0.25, -0.2) is 4.79 Å². The number of urea groups is 1. The quantitative estimate of drug-likeness (QED) is 0.204. The molecule has 14 heteroatoms. The van der Waals surface area contributed by atoms with Crippen LogP contribution in [-0.4, -0.2) is 87.9 Å². The number of nitriles is 1. The first kappa shape index (κ1) is 34.7. The molecule has 4 aliphatic rings. The summed E-state index contributed by atoms with van der Waals surface area (Å²) in [5.41, 5.74) is 3.85. The number of nitrogens with one attached hydrogen (secondary N) is 2. The van der Waals surface area contributed by atoms with Crippen LogP contribution in [0.2, 0.25) is 0 Å². The highest BCUT2D eigenvalue weighted by Crippen LogP contribution is 2.41. The van der Waals surface area contributed by atoms with E-state index in [-0.39, 0.29) is 18.2 Å². The Bertz CT molecular complexity index is 2350. The lowest BCUT2D eigenvalue weighted by Crippen LogP contribution is -2.55. The lowest BCUT2D eigenvalue weighted by atomic mass is 9.85. The minimum absolute atomic E-state index is 0.246. The number of pyridine rings is 2. The van der Waals surface area contributed by atoms with Crippen LogP contribution in [0.3, 0.4) is 0 Å². The third-order valence-electron chi connectivity index (χ3n) is 12.0. The maximum Gasteiger partial charge on any atom is 0.328 e. The molecule has 3 saturated heterocycles. The molecule has 2 N–H and O–H groups in total. The van der Waals surface area contributed by atoms with Gasteiger partial charge in [0.15, 0.2) is 0 Å². The van der Waals surface area contributed by atoms with Crippen molar-refractivity contribution in [3.63, 3.8) is 0 Å². The molecule has 3 aromatic heterocycles. The number of methoxy groups -OCH3 is 1. The molecule has 2 atom stereocenters. The van der Waals surface area contributed by atoms with E-state index in [2.05, 4.69) is 53.4 Å². The Kier molecular flexibility index (Phi) is 9.01. The van der Waals surface area contributed by atoms with E-state index in [0.29, 0.717) is 53.2 Å². The van der Waals surface area contributed by atoms with Gasteiger partial charge in [-0.05, 0) is 62.6 Å². The van der Waals surface area contributed by atoms with Gasteiger partial charge in [-0.3, -0.25) is 39.4 Å². The van der Waals surface area contributed by atoms with Crippen molar-refractivity contribution in [1.29, 1.82) is 5.26 Å². The number of ether oxygens (including phenoxy) is 1. The fraction of sp³-hybridized carbons (Fsp3) is 0.390. The predicted molar refractivity (Wildman–Crippen MR) is 207 cm³/mol. The second-order valence-corrected chi connectivity index (χ2v) is 15.2. The molecule has 3 aliphatic heterocycles. The molecule has 4 fully saturated rings. The number of benzene rings is 2. The van der Waals surface area contributed by atoms with Crippen molar-refractivity contribution >= 4 is 56.6 Å². The Morgan fingerprint density at radius 3 is 2.49 bits per heavy atom. The number of hydrogen-bond acceptors (Lipinski definition) is 10. The van der Waals surface area contributed by atoms with Crippen LogP contribution >= 0.6 is 0 Å². The van der Waals surface area contributed by atoms with Crippen molar-refractivity contribution in [2.45, 2.75) is 63.1 Å². The number of carbonyl (C=O) groups excluding carboxylic acids is 3. The summed E-state index contributed by atoms with van der Waals surface area (Å²) in [5.74, 6) is 0.538. The molecule has 280 valence electrons. The van der Waals surface area contributed by atoms with Gasteiger partial charge < -0.3 is 15.0 Å². The second-order valence-electron chi connectivity index (χ2n) is 15.2. The van der Waals surface area contributed by atoms with Crippen molar-refractivity contribution in [2.24, 2.45) is 5.92 Å². The van der Waals surface area contributed by atoms with E-state index in [1.165, 1.54) is 31.3 Å². The molecular formula is C41H42N10O4. The summed E-state index contributed by atoms with van der Waals surface area (Å²) in [4.78, 5) is 52.9. The molecule has 2 aromatic carbocycles. The van der Waals surface area contributed by atoms with Crippen molar-refractivity contribution in [3.8, 4) is 11.8 Å². The zero-order chi connectivity index (χ0) is 37.6. The number of nitrogens with zero attached hydrogens (tertiary/aromatic N) is 8. The van der Waals surface area contributed by atoms with E-state index < -0.39 is 6.03 Å². The molecule has 4 amide bonds. The number of anilines is 3. The van der Waals surface area contributed by atoms with Gasteiger partial charge in [-0.1, -0.05) is 12.1 Å². The smallest absolute Gasteiger partial charge is 0.328 e. The van der Waals surface area contributed by atoms with E-state index in [1.807, 2.05) is 30.5 Å². The molecule has 1 saturated carbocycles. The van der Waals surface area contributed by atoms with E-state index >= 15 is 0 Å². The van der Waals surface area contributed by atoms with Gasteiger partial charge in [0.1, 0.15) is 11.8 Å².